The summed E-state index contributed by atoms with van der Waals surface area (Å²) in [6.07, 6.45) is 1.25. The van der Waals surface area contributed by atoms with Crippen molar-refractivity contribution < 1.29 is 8.42 Å². The van der Waals surface area contributed by atoms with Crippen molar-refractivity contribution in [3.05, 3.63) is 23.4 Å². The van der Waals surface area contributed by atoms with E-state index in [9.17, 15) is 8.42 Å². The molecule has 0 radical (unpaired) electrons. The van der Waals surface area contributed by atoms with Crippen LogP contribution >= 0.6 is 0 Å². The topological polar surface area (TPSA) is 79.5 Å². The number of anilines is 1. The molecular formula is C12H20N4O2S. The molecule has 0 bridgehead atoms. The Bertz CT molecular complexity index is 551. The minimum Gasteiger partial charge on any atom is -0.354 e. The molecule has 2 N–H and O–H groups in total. The number of nitrogens with zero attached hydrogens (tertiary/aromatic N) is 3. The first-order chi connectivity index (χ1) is 8.91. The molecule has 0 spiro atoms. The van der Waals surface area contributed by atoms with E-state index < -0.39 is 10.0 Å². The van der Waals surface area contributed by atoms with Gasteiger partial charge in [-0.15, -0.1) is 0 Å². The van der Waals surface area contributed by atoms with Crippen molar-refractivity contribution in [1.29, 1.82) is 0 Å². The molecule has 1 fully saturated rings. The Hall–Kier alpha value is -1.18. The minimum atomic E-state index is -3.09. The van der Waals surface area contributed by atoms with Crippen molar-refractivity contribution in [2.24, 2.45) is 5.73 Å². The van der Waals surface area contributed by atoms with Crippen LogP contribution in [-0.2, 0) is 16.6 Å². The Morgan fingerprint density at radius 1 is 1.26 bits per heavy atom. The monoisotopic (exact) mass is 284 g/mol. The fourth-order valence-corrected chi connectivity index (χ4v) is 3.06. The van der Waals surface area contributed by atoms with Crippen LogP contribution in [0.2, 0.25) is 0 Å². The molecule has 2 rings (SSSR count). The lowest BCUT2D eigenvalue weighted by molar-refractivity contribution is 0.386. The van der Waals surface area contributed by atoms with Crippen LogP contribution in [0.15, 0.2) is 12.1 Å². The summed E-state index contributed by atoms with van der Waals surface area (Å²) < 4.78 is 24.5. The number of aryl methyl sites for hydroxylation is 1. The average molecular weight is 284 g/mol. The van der Waals surface area contributed by atoms with Gasteiger partial charge >= 0.3 is 0 Å². The smallest absolute Gasteiger partial charge is 0.211 e. The second kappa shape index (κ2) is 5.44. The molecule has 6 nitrogen and oxygen atoms in total. The summed E-state index contributed by atoms with van der Waals surface area (Å²) in [5, 5.41) is 0. The summed E-state index contributed by atoms with van der Waals surface area (Å²) in [4.78, 5) is 6.64. The van der Waals surface area contributed by atoms with E-state index in [1.165, 1.54) is 10.6 Å². The van der Waals surface area contributed by atoms with Gasteiger partial charge in [-0.25, -0.2) is 13.4 Å². The highest BCUT2D eigenvalue weighted by molar-refractivity contribution is 7.88. The van der Waals surface area contributed by atoms with E-state index in [1.807, 2.05) is 19.1 Å². The van der Waals surface area contributed by atoms with E-state index in [0.717, 1.165) is 17.1 Å². The second-order valence-electron chi connectivity index (χ2n) is 4.79. The van der Waals surface area contributed by atoms with E-state index in [1.54, 1.807) is 0 Å². The molecule has 106 valence electrons. The van der Waals surface area contributed by atoms with Crippen molar-refractivity contribution in [3.63, 3.8) is 0 Å². The third kappa shape index (κ3) is 3.23. The summed E-state index contributed by atoms with van der Waals surface area (Å²) >= 11 is 0. The van der Waals surface area contributed by atoms with Crippen LogP contribution in [0.3, 0.4) is 0 Å². The van der Waals surface area contributed by atoms with Crippen LogP contribution in [0.4, 0.5) is 5.82 Å². The number of nitrogens with two attached hydrogens (primary N) is 1. The van der Waals surface area contributed by atoms with Gasteiger partial charge in [-0.2, -0.15) is 4.31 Å². The Morgan fingerprint density at radius 3 is 2.42 bits per heavy atom. The predicted octanol–water partition coefficient (Wildman–Crippen LogP) is -0.0697. The number of hydrogen-bond acceptors (Lipinski definition) is 5. The second-order valence-corrected chi connectivity index (χ2v) is 6.77. The molecule has 1 saturated heterocycles. The van der Waals surface area contributed by atoms with E-state index in [-0.39, 0.29) is 0 Å². The zero-order chi connectivity index (χ0) is 14.0. The van der Waals surface area contributed by atoms with E-state index in [0.29, 0.717) is 32.7 Å². The third-order valence-electron chi connectivity index (χ3n) is 3.32. The quantitative estimate of drug-likeness (QED) is 0.840. The maximum absolute atomic E-state index is 11.5. The zero-order valence-electron chi connectivity index (χ0n) is 11.3. The number of pyridine rings is 1. The van der Waals surface area contributed by atoms with Crippen molar-refractivity contribution in [3.8, 4) is 0 Å². The fourth-order valence-electron chi connectivity index (χ4n) is 2.24. The van der Waals surface area contributed by atoms with E-state index >= 15 is 0 Å². The van der Waals surface area contributed by atoms with Gasteiger partial charge in [-0.05, 0) is 13.0 Å². The molecule has 1 aliphatic rings. The molecule has 0 amide bonds. The number of piperazine rings is 1. The number of sulfonamides is 1. The Balaban J connectivity index is 2.16. The lowest BCUT2D eigenvalue weighted by atomic mass is 10.2. The highest BCUT2D eigenvalue weighted by atomic mass is 32.2. The van der Waals surface area contributed by atoms with Gasteiger partial charge in [0.05, 0.1) is 6.26 Å². The Kier molecular flexibility index (Phi) is 4.07. The van der Waals surface area contributed by atoms with Crippen molar-refractivity contribution >= 4 is 15.8 Å². The fraction of sp³-hybridized carbons (Fsp3) is 0.583. The zero-order valence-corrected chi connectivity index (χ0v) is 12.2. The summed E-state index contributed by atoms with van der Waals surface area (Å²) in [6.45, 7) is 4.68. The molecule has 7 heteroatoms. The van der Waals surface area contributed by atoms with Gasteiger partial charge in [0.1, 0.15) is 5.82 Å². The van der Waals surface area contributed by atoms with Gasteiger partial charge in [0.15, 0.2) is 0 Å². The molecule has 0 aliphatic carbocycles. The first kappa shape index (κ1) is 14.2. The van der Waals surface area contributed by atoms with Crippen LogP contribution in [0.1, 0.15) is 11.3 Å². The standard InChI is InChI=1S/C12H20N4O2S/c1-10-3-4-11(9-13)12(14-10)15-5-7-16(8-6-15)19(2,17)18/h3-4H,5-9,13H2,1-2H3. The molecule has 0 atom stereocenters. The van der Waals surface area contributed by atoms with Gasteiger partial charge in [0.25, 0.3) is 0 Å². The number of rotatable bonds is 3. The third-order valence-corrected chi connectivity index (χ3v) is 4.63. The van der Waals surface area contributed by atoms with Crippen LogP contribution in [0, 0.1) is 6.92 Å². The summed E-state index contributed by atoms with van der Waals surface area (Å²) in [6, 6.07) is 3.93. The lowest BCUT2D eigenvalue weighted by Gasteiger charge is -2.35. The Labute approximate surface area is 114 Å². The average Bonchev–Trinajstić information content (AvgIpc) is 2.38. The highest BCUT2D eigenvalue weighted by Crippen LogP contribution is 2.20. The van der Waals surface area contributed by atoms with Crippen LogP contribution < -0.4 is 10.6 Å². The molecule has 0 unspecified atom stereocenters. The molecule has 2 heterocycles. The number of hydrogen-bond donors (Lipinski definition) is 1. The molecule has 0 saturated carbocycles. The van der Waals surface area contributed by atoms with Crippen LogP contribution in [0.5, 0.6) is 0 Å². The Morgan fingerprint density at radius 2 is 1.89 bits per heavy atom. The summed E-state index contributed by atoms with van der Waals surface area (Å²) in [5.41, 5.74) is 7.67. The maximum atomic E-state index is 11.5. The molecule has 1 aromatic heterocycles. The minimum absolute atomic E-state index is 0.439. The van der Waals surface area contributed by atoms with Gasteiger partial charge < -0.3 is 10.6 Å². The van der Waals surface area contributed by atoms with Crippen LogP contribution in [0.25, 0.3) is 0 Å². The van der Waals surface area contributed by atoms with Crippen molar-refractivity contribution in [2.75, 3.05) is 37.3 Å². The van der Waals surface area contributed by atoms with E-state index in [2.05, 4.69) is 9.88 Å². The van der Waals surface area contributed by atoms with Crippen LogP contribution in [-0.4, -0.2) is 50.1 Å². The molecule has 19 heavy (non-hydrogen) atoms. The predicted molar refractivity (Wildman–Crippen MR) is 75.5 cm³/mol. The first-order valence-corrected chi connectivity index (χ1v) is 8.13. The van der Waals surface area contributed by atoms with Gasteiger partial charge in [0.2, 0.25) is 10.0 Å². The first-order valence-electron chi connectivity index (χ1n) is 6.28. The van der Waals surface area contributed by atoms with Crippen molar-refractivity contribution in [2.45, 2.75) is 13.5 Å². The largest absolute Gasteiger partial charge is 0.354 e. The molecule has 0 aromatic carbocycles. The number of aromatic nitrogens is 1. The molecular weight excluding hydrogens is 264 g/mol. The lowest BCUT2D eigenvalue weighted by Crippen LogP contribution is -2.49. The SMILES string of the molecule is Cc1ccc(CN)c(N2CCN(S(C)(=O)=O)CC2)n1. The summed E-state index contributed by atoms with van der Waals surface area (Å²) in [5.74, 6) is 0.885. The van der Waals surface area contributed by atoms with Gasteiger partial charge in [-0.1, -0.05) is 6.07 Å². The van der Waals surface area contributed by atoms with Gasteiger partial charge in [-0.3, -0.25) is 0 Å². The highest BCUT2D eigenvalue weighted by Gasteiger charge is 2.25. The summed E-state index contributed by atoms with van der Waals surface area (Å²) in [7, 11) is -3.09. The van der Waals surface area contributed by atoms with Crippen molar-refractivity contribution in [1.82, 2.24) is 9.29 Å². The maximum Gasteiger partial charge on any atom is 0.211 e. The van der Waals surface area contributed by atoms with Gasteiger partial charge in [0, 0.05) is 44.0 Å². The van der Waals surface area contributed by atoms with E-state index in [4.69, 9.17) is 5.73 Å². The molecule has 1 aliphatic heterocycles. The molecule has 1 aromatic rings. The normalized spacial score (nSPS) is 17.7.